The molecule has 2 rings (SSSR count). The van der Waals surface area contributed by atoms with E-state index in [1.807, 2.05) is 13.2 Å². The molecular formula is C8H13N3. The maximum Gasteiger partial charge on any atom is 0.108 e. The Morgan fingerprint density at radius 1 is 1.73 bits per heavy atom. The molecule has 3 nitrogen and oxygen atoms in total. The first-order chi connectivity index (χ1) is 5.42. The number of aromatic nitrogens is 2. The smallest absolute Gasteiger partial charge is 0.108 e. The Morgan fingerprint density at radius 2 is 2.64 bits per heavy atom. The van der Waals surface area contributed by atoms with Crippen molar-refractivity contribution in [2.24, 2.45) is 0 Å². The van der Waals surface area contributed by atoms with Crippen molar-refractivity contribution in [3.63, 3.8) is 0 Å². The highest BCUT2D eigenvalue weighted by Crippen LogP contribution is 2.15. The minimum atomic E-state index is 0.938. The summed E-state index contributed by atoms with van der Waals surface area (Å²) in [5.41, 5.74) is 1.32. The standard InChI is InChI=1S/C8H13N3/c1-9-5-7-6-10-8-3-2-4-11(7)8/h6,9H,2-5H2,1H3. The van der Waals surface area contributed by atoms with Crippen LogP contribution in [0.1, 0.15) is 17.9 Å². The lowest BCUT2D eigenvalue weighted by atomic mass is 10.4. The SMILES string of the molecule is CNCc1cnc2n1CCC2. The molecular weight excluding hydrogens is 138 g/mol. The van der Waals surface area contributed by atoms with Crippen LogP contribution >= 0.6 is 0 Å². The maximum atomic E-state index is 4.34. The van der Waals surface area contributed by atoms with Gasteiger partial charge in [0.25, 0.3) is 0 Å². The molecule has 1 aliphatic rings. The van der Waals surface area contributed by atoms with E-state index in [9.17, 15) is 0 Å². The van der Waals surface area contributed by atoms with E-state index in [-0.39, 0.29) is 0 Å². The maximum absolute atomic E-state index is 4.34. The molecule has 2 heterocycles. The molecule has 1 aromatic heterocycles. The van der Waals surface area contributed by atoms with Gasteiger partial charge in [0.2, 0.25) is 0 Å². The number of imidazole rings is 1. The van der Waals surface area contributed by atoms with Crippen LogP contribution in [0.3, 0.4) is 0 Å². The van der Waals surface area contributed by atoms with Gasteiger partial charge in [-0.2, -0.15) is 0 Å². The topological polar surface area (TPSA) is 29.9 Å². The lowest BCUT2D eigenvalue weighted by molar-refractivity contribution is 0.672. The van der Waals surface area contributed by atoms with Crippen LogP contribution in [0.15, 0.2) is 6.20 Å². The van der Waals surface area contributed by atoms with E-state index in [2.05, 4.69) is 14.9 Å². The van der Waals surface area contributed by atoms with Crippen LogP contribution in [0.25, 0.3) is 0 Å². The summed E-state index contributed by atoms with van der Waals surface area (Å²) < 4.78 is 2.32. The lowest BCUT2D eigenvalue weighted by Crippen LogP contribution is -2.09. The summed E-state index contributed by atoms with van der Waals surface area (Å²) in [7, 11) is 1.97. The zero-order valence-electron chi connectivity index (χ0n) is 6.80. The fourth-order valence-corrected chi connectivity index (χ4v) is 1.64. The Labute approximate surface area is 66.4 Å². The van der Waals surface area contributed by atoms with Crippen molar-refractivity contribution in [1.82, 2.24) is 14.9 Å². The second kappa shape index (κ2) is 2.66. The van der Waals surface area contributed by atoms with Crippen molar-refractivity contribution in [3.05, 3.63) is 17.7 Å². The van der Waals surface area contributed by atoms with Crippen LogP contribution < -0.4 is 5.32 Å². The van der Waals surface area contributed by atoms with Crippen molar-refractivity contribution >= 4 is 0 Å². The van der Waals surface area contributed by atoms with Crippen LogP contribution in [-0.2, 0) is 19.5 Å². The van der Waals surface area contributed by atoms with E-state index < -0.39 is 0 Å². The number of hydrogen-bond acceptors (Lipinski definition) is 2. The van der Waals surface area contributed by atoms with E-state index in [1.54, 1.807) is 0 Å². The summed E-state index contributed by atoms with van der Waals surface area (Å²) in [6.45, 7) is 2.10. The van der Waals surface area contributed by atoms with Gasteiger partial charge in [0, 0.05) is 25.7 Å². The minimum absolute atomic E-state index is 0.938. The second-order valence-electron chi connectivity index (χ2n) is 2.95. The highest BCUT2D eigenvalue weighted by atomic mass is 15.1. The summed E-state index contributed by atoms with van der Waals surface area (Å²) in [5.74, 6) is 1.26. The van der Waals surface area contributed by atoms with Crippen molar-refractivity contribution in [1.29, 1.82) is 0 Å². The number of hydrogen-bond donors (Lipinski definition) is 1. The Kier molecular flexibility index (Phi) is 1.66. The molecule has 0 bridgehead atoms. The van der Waals surface area contributed by atoms with Crippen LogP contribution in [-0.4, -0.2) is 16.6 Å². The van der Waals surface area contributed by atoms with Gasteiger partial charge in [-0.25, -0.2) is 4.98 Å². The van der Waals surface area contributed by atoms with Crippen molar-refractivity contribution in [3.8, 4) is 0 Å². The van der Waals surface area contributed by atoms with Gasteiger partial charge in [-0.1, -0.05) is 0 Å². The Balaban J connectivity index is 2.27. The number of nitrogens with zero attached hydrogens (tertiary/aromatic N) is 2. The second-order valence-corrected chi connectivity index (χ2v) is 2.95. The molecule has 1 aromatic rings. The lowest BCUT2D eigenvalue weighted by Gasteiger charge is -2.02. The molecule has 0 unspecified atom stereocenters. The van der Waals surface area contributed by atoms with Crippen molar-refractivity contribution in [2.45, 2.75) is 25.9 Å². The van der Waals surface area contributed by atoms with E-state index in [1.165, 1.54) is 17.9 Å². The van der Waals surface area contributed by atoms with E-state index in [4.69, 9.17) is 0 Å². The van der Waals surface area contributed by atoms with E-state index in [0.717, 1.165) is 19.5 Å². The molecule has 1 aliphatic heterocycles. The molecule has 0 spiro atoms. The Bertz CT molecular complexity index is 252. The number of fused-ring (bicyclic) bond motifs is 1. The van der Waals surface area contributed by atoms with E-state index in [0.29, 0.717) is 0 Å². The van der Waals surface area contributed by atoms with Crippen LogP contribution in [0.4, 0.5) is 0 Å². The molecule has 0 fully saturated rings. The minimum Gasteiger partial charge on any atom is -0.331 e. The van der Waals surface area contributed by atoms with Crippen molar-refractivity contribution < 1.29 is 0 Å². The Hall–Kier alpha value is -0.830. The quantitative estimate of drug-likeness (QED) is 0.669. The molecule has 0 atom stereocenters. The molecule has 1 N–H and O–H groups in total. The number of rotatable bonds is 2. The highest BCUT2D eigenvalue weighted by molar-refractivity contribution is 5.08. The van der Waals surface area contributed by atoms with Gasteiger partial charge in [-0.15, -0.1) is 0 Å². The van der Waals surface area contributed by atoms with Crippen molar-refractivity contribution in [2.75, 3.05) is 7.05 Å². The van der Waals surface area contributed by atoms with Gasteiger partial charge in [0.1, 0.15) is 5.82 Å². The molecule has 0 aromatic carbocycles. The zero-order valence-corrected chi connectivity index (χ0v) is 6.80. The largest absolute Gasteiger partial charge is 0.331 e. The fourth-order valence-electron chi connectivity index (χ4n) is 1.64. The first kappa shape index (κ1) is 6.85. The summed E-state index contributed by atoms with van der Waals surface area (Å²) in [5, 5.41) is 3.14. The first-order valence-corrected chi connectivity index (χ1v) is 4.09. The Morgan fingerprint density at radius 3 is 3.45 bits per heavy atom. The third kappa shape index (κ3) is 1.05. The monoisotopic (exact) mass is 151 g/mol. The number of aryl methyl sites for hydroxylation is 1. The predicted octanol–water partition coefficient (Wildman–Crippen LogP) is 0.549. The van der Waals surface area contributed by atoms with Crippen LogP contribution in [0.2, 0.25) is 0 Å². The molecule has 60 valence electrons. The average molecular weight is 151 g/mol. The molecule has 0 amide bonds. The summed E-state index contributed by atoms with van der Waals surface area (Å²) in [6.07, 6.45) is 4.40. The molecule has 0 saturated carbocycles. The molecule has 3 heteroatoms. The molecule has 11 heavy (non-hydrogen) atoms. The van der Waals surface area contributed by atoms with E-state index >= 15 is 0 Å². The summed E-state index contributed by atoms with van der Waals surface area (Å²) in [4.78, 5) is 4.34. The third-order valence-corrected chi connectivity index (χ3v) is 2.16. The first-order valence-electron chi connectivity index (χ1n) is 4.09. The zero-order chi connectivity index (χ0) is 7.68. The van der Waals surface area contributed by atoms with Gasteiger partial charge in [0.15, 0.2) is 0 Å². The van der Waals surface area contributed by atoms with Crippen LogP contribution in [0, 0.1) is 0 Å². The molecule has 0 radical (unpaired) electrons. The normalized spacial score (nSPS) is 15.4. The predicted molar refractivity (Wildman–Crippen MR) is 43.3 cm³/mol. The summed E-state index contributed by atoms with van der Waals surface area (Å²) >= 11 is 0. The van der Waals surface area contributed by atoms with Gasteiger partial charge in [-0.3, -0.25) is 0 Å². The summed E-state index contributed by atoms with van der Waals surface area (Å²) in [6, 6.07) is 0. The van der Waals surface area contributed by atoms with Crippen LogP contribution in [0.5, 0.6) is 0 Å². The molecule has 0 aliphatic carbocycles. The highest BCUT2D eigenvalue weighted by Gasteiger charge is 2.13. The fraction of sp³-hybridized carbons (Fsp3) is 0.625. The average Bonchev–Trinajstić information content (AvgIpc) is 2.53. The van der Waals surface area contributed by atoms with Gasteiger partial charge < -0.3 is 9.88 Å². The van der Waals surface area contributed by atoms with Gasteiger partial charge >= 0.3 is 0 Å². The third-order valence-electron chi connectivity index (χ3n) is 2.16. The number of nitrogens with one attached hydrogen (secondary N) is 1. The van der Waals surface area contributed by atoms with Gasteiger partial charge in [0.05, 0.1) is 5.69 Å². The van der Waals surface area contributed by atoms with Gasteiger partial charge in [-0.05, 0) is 13.5 Å². The molecule has 0 saturated heterocycles.